The molecule has 156 valence electrons. The van der Waals surface area contributed by atoms with E-state index < -0.39 is 21.8 Å². The molecule has 2 amide bonds. The number of benzene rings is 1. The van der Waals surface area contributed by atoms with Crippen LogP contribution in [0.15, 0.2) is 29.2 Å². The van der Waals surface area contributed by atoms with Crippen molar-refractivity contribution >= 4 is 38.2 Å². The number of hydrogen-bond donors (Lipinski definition) is 2. The Hall–Kier alpha value is -2.23. The highest BCUT2D eigenvalue weighted by atomic mass is 32.2. The number of primary amides is 1. The van der Waals surface area contributed by atoms with Crippen LogP contribution in [0.1, 0.15) is 57.8 Å². The van der Waals surface area contributed by atoms with Crippen molar-refractivity contribution in [3.63, 3.8) is 0 Å². The molecule has 0 saturated heterocycles. The van der Waals surface area contributed by atoms with E-state index in [0.29, 0.717) is 29.2 Å². The molecule has 1 aromatic heterocycles. The molecule has 29 heavy (non-hydrogen) atoms. The topological polar surface area (TPSA) is 110 Å². The monoisotopic (exact) mass is 435 g/mol. The van der Waals surface area contributed by atoms with E-state index in [9.17, 15) is 18.0 Å². The summed E-state index contributed by atoms with van der Waals surface area (Å²) in [6.45, 7) is 4.31. The van der Waals surface area contributed by atoms with Crippen LogP contribution in [0.25, 0.3) is 0 Å². The smallest absolute Gasteiger partial charge is 0.256 e. The molecular formula is C20H25N3O4S2. The van der Waals surface area contributed by atoms with Crippen LogP contribution in [0, 0.1) is 0 Å². The van der Waals surface area contributed by atoms with Gasteiger partial charge in [0.2, 0.25) is 10.0 Å². The first-order valence-electron chi connectivity index (χ1n) is 9.65. The second-order valence-electron chi connectivity index (χ2n) is 6.85. The first kappa shape index (κ1) is 21.5. The summed E-state index contributed by atoms with van der Waals surface area (Å²) in [7, 11) is -3.58. The Labute approximate surface area is 175 Å². The Morgan fingerprint density at radius 3 is 2.31 bits per heavy atom. The molecule has 1 aliphatic carbocycles. The standard InChI is InChI=1S/C20H25N3O4S2/c1-3-23(4-2)29(26,27)14-11-9-13(10-12-14)19(25)22-20-17(18(21)24)15-7-5-6-8-16(15)28-20/h9-12H,3-8H2,1-2H3,(H2,21,24)(H,22,25). The third kappa shape index (κ3) is 4.22. The van der Waals surface area contributed by atoms with Crippen molar-refractivity contribution in [2.45, 2.75) is 44.4 Å². The zero-order valence-corrected chi connectivity index (χ0v) is 18.2. The van der Waals surface area contributed by atoms with Crippen LogP contribution < -0.4 is 11.1 Å². The number of carbonyl (C=O) groups is 2. The highest BCUT2D eigenvalue weighted by molar-refractivity contribution is 7.89. The number of nitrogens with one attached hydrogen (secondary N) is 1. The van der Waals surface area contributed by atoms with Crippen molar-refractivity contribution in [1.82, 2.24) is 4.31 Å². The summed E-state index contributed by atoms with van der Waals surface area (Å²) in [6, 6.07) is 5.81. The largest absolute Gasteiger partial charge is 0.365 e. The van der Waals surface area contributed by atoms with Crippen molar-refractivity contribution in [2.24, 2.45) is 5.73 Å². The number of aryl methyl sites for hydroxylation is 1. The fraction of sp³-hybridized carbons (Fsp3) is 0.400. The molecule has 1 heterocycles. The van der Waals surface area contributed by atoms with Crippen LogP contribution >= 0.6 is 11.3 Å². The van der Waals surface area contributed by atoms with Gasteiger partial charge in [-0.1, -0.05) is 13.8 Å². The lowest BCUT2D eigenvalue weighted by Gasteiger charge is -2.18. The van der Waals surface area contributed by atoms with Crippen molar-refractivity contribution in [2.75, 3.05) is 18.4 Å². The van der Waals surface area contributed by atoms with Gasteiger partial charge in [0, 0.05) is 23.5 Å². The van der Waals surface area contributed by atoms with E-state index in [2.05, 4.69) is 5.32 Å². The number of nitrogens with two attached hydrogens (primary N) is 1. The van der Waals surface area contributed by atoms with Crippen LogP contribution in [-0.2, 0) is 22.9 Å². The third-order valence-corrected chi connectivity index (χ3v) is 8.38. The van der Waals surface area contributed by atoms with Crippen molar-refractivity contribution in [1.29, 1.82) is 0 Å². The predicted molar refractivity (Wildman–Crippen MR) is 114 cm³/mol. The summed E-state index contributed by atoms with van der Waals surface area (Å²) in [5.74, 6) is -0.946. The van der Waals surface area contributed by atoms with Crippen molar-refractivity contribution in [3.8, 4) is 0 Å². The Kier molecular flexibility index (Phi) is 6.40. The molecule has 1 aromatic carbocycles. The summed E-state index contributed by atoms with van der Waals surface area (Å²) in [6.07, 6.45) is 3.73. The average Bonchev–Trinajstić information content (AvgIpc) is 3.06. The van der Waals surface area contributed by atoms with Gasteiger partial charge in [0.1, 0.15) is 5.00 Å². The molecule has 0 atom stereocenters. The summed E-state index contributed by atoms with van der Waals surface area (Å²) >= 11 is 1.40. The normalized spacial score (nSPS) is 13.9. The maximum Gasteiger partial charge on any atom is 0.256 e. The number of rotatable bonds is 7. The minimum atomic E-state index is -3.58. The van der Waals surface area contributed by atoms with E-state index in [1.165, 1.54) is 39.9 Å². The van der Waals surface area contributed by atoms with Gasteiger partial charge in [-0.05, 0) is 55.5 Å². The minimum absolute atomic E-state index is 0.141. The van der Waals surface area contributed by atoms with E-state index in [-0.39, 0.29) is 4.90 Å². The summed E-state index contributed by atoms with van der Waals surface area (Å²) in [4.78, 5) is 25.9. The zero-order valence-electron chi connectivity index (χ0n) is 16.5. The highest BCUT2D eigenvalue weighted by Gasteiger charge is 2.26. The molecular weight excluding hydrogens is 410 g/mol. The SMILES string of the molecule is CCN(CC)S(=O)(=O)c1ccc(C(=O)Nc2sc3c(c2C(N)=O)CCCC3)cc1. The maximum absolute atomic E-state index is 12.7. The molecule has 0 saturated carbocycles. The van der Waals surface area contributed by atoms with Crippen LogP contribution in [0.4, 0.5) is 5.00 Å². The number of fused-ring (bicyclic) bond motifs is 1. The lowest BCUT2D eigenvalue weighted by molar-refractivity contribution is 0.100. The molecule has 3 rings (SSSR count). The first-order valence-corrected chi connectivity index (χ1v) is 11.9. The van der Waals surface area contributed by atoms with Gasteiger partial charge in [-0.3, -0.25) is 9.59 Å². The molecule has 1 aliphatic rings. The number of sulfonamides is 1. The molecule has 0 unspecified atom stereocenters. The number of anilines is 1. The maximum atomic E-state index is 12.7. The van der Waals surface area contributed by atoms with E-state index in [0.717, 1.165) is 36.1 Å². The van der Waals surface area contributed by atoms with Gasteiger partial charge in [-0.2, -0.15) is 4.31 Å². The van der Waals surface area contributed by atoms with Crippen LogP contribution in [0.5, 0.6) is 0 Å². The van der Waals surface area contributed by atoms with Gasteiger partial charge in [-0.15, -0.1) is 11.3 Å². The third-order valence-electron chi connectivity index (χ3n) is 5.10. The van der Waals surface area contributed by atoms with Crippen molar-refractivity contribution in [3.05, 3.63) is 45.8 Å². The number of nitrogens with zero attached hydrogens (tertiary/aromatic N) is 1. The Morgan fingerprint density at radius 2 is 1.72 bits per heavy atom. The molecule has 9 heteroatoms. The first-order chi connectivity index (χ1) is 13.8. The van der Waals surface area contributed by atoms with E-state index >= 15 is 0 Å². The fourth-order valence-corrected chi connectivity index (χ4v) is 6.33. The van der Waals surface area contributed by atoms with E-state index in [1.807, 2.05) is 0 Å². The lowest BCUT2D eigenvalue weighted by atomic mass is 9.95. The van der Waals surface area contributed by atoms with Gasteiger partial charge in [0.15, 0.2) is 0 Å². The van der Waals surface area contributed by atoms with Gasteiger partial charge < -0.3 is 11.1 Å². The number of carbonyl (C=O) groups excluding carboxylic acids is 2. The summed E-state index contributed by atoms with van der Waals surface area (Å²) in [5.41, 5.74) is 7.23. The quantitative estimate of drug-likeness (QED) is 0.696. The molecule has 0 radical (unpaired) electrons. The molecule has 0 fully saturated rings. The molecule has 7 nitrogen and oxygen atoms in total. The Balaban J connectivity index is 1.84. The van der Waals surface area contributed by atoms with Gasteiger partial charge in [-0.25, -0.2) is 8.42 Å². The number of thiophene rings is 1. The second-order valence-corrected chi connectivity index (χ2v) is 9.89. The van der Waals surface area contributed by atoms with E-state index in [4.69, 9.17) is 5.73 Å². The lowest BCUT2D eigenvalue weighted by Crippen LogP contribution is -2.30. The van der Waals surface area contributed by atoms with E-state index in [1.54, 1.807) is 13.8 Å². The Morgan fingerprint density at radius 1 is 1.10 bits per heavy atom. The van der Waals surface area contributed by atoms with Gasteiger partial charge in [0.05, 0.1) is 10.5 Å². The summed E-state index contributed by atoms with van der Waals surface area (Å²) in [5, 5.41) is 3.25. The number of hydrogen-bond acceptors (Lipinski definition) is 5. The molecule has 0 spiro atoms. The zero-order chi connectivity index (χ0) is 21.2. The van der Waals surface area contributed by atoms with Crippen molar-refractivity contribution < 1.29 is 18.0 Å². The predicted octanol–water partition coefficient (Wildman–Crippen LogP) is 3.01. The highest BCUT2D eigenvalue weighted by Crippen LogP contribution is 2.38. The van der Waals surface area contributed by atoms with Gasteiger partial charge >= 0.3 is 0 Å². The Bertz CT molecular complexity index is 1020. The van der Waals surface area contributed by atoms with Gasteiger partial charge in [0.25, 0.3) is 11.8 Å². The van der Waals surface area contributed by atoms with Crippen LogP contribution in [-0.4, -0.2) is 37.6 Å². The van der Waals surface area contributed by atoms with Crippen LogP contribution in [0.3, 0.4) is 0 Å². The molecule has 2 aromatic rings. The fourth-order valence-electron chi connectivity index (χ4n) is 3.58. The minimum Gasteiger partial charge on any atom is -0.365 e. The number of amides is 2. The average molecular weight is 436 g/mol. The van der Waals surface area contributed by atoms with Crippen LogP contribution in [0.2, 0.25) is 0 Å². The molecule has 0 bridgehead atoms. The summed E-state index contributed by atoms with van der Waals surface area (Å²) < 4.78 is 26.5. The molecule has 3 N–H and O–H groups in total. The second kappa shape index (κ2) is 8.64. The molecule has 0 aliphatic heterocycles.